The minimum absolute atomic E-state index is 0.588. The molecule has 0 unspecified atom stereocenters. The van der Waals surface area contributed by atoms with Crippen LogP contribution in [0.15, 0.2) is 42.6 Å². The number of ether oxygens (including phenoxy) is 2. The SMILES string of the molecule is COc1ccnc(CNc2ccccc2)c1OC. The highest BCUT2D eigenvalue weighted by molar-refractivity contribution is 5.47. The van der Waals surface area contributed by atoms with Gasteiger partial charge in [0.1, 0.15) is 5.69 Å². The molecule has 1 heterocycles. The van der Waals surface area contributed by atoms with E-state index in [-0.39, 0.29) is 0 Å². The van der Waals surface area contributed by atoms with Gasteiger partial charge in [-0.05, 0) is 12.1 Å². The molecule has 1 aromatic carbocycles. The molecule has 18 heavy (non-hydrogen) atoms. The first-order valence-electron chi connectivity index (χ1n) is 5.70. The molecule has 0 radical (unpaired) electrons. The van der Waals surface area contributed by atoms with Gasteiger partial charge >= 0.3 is 0 Å². The van der Waals surface area contributed by atoms with E-state index in [2.05, 4.69) is 10.3 Å². The lowest BCUT2D eigenvalue weighted by Crippen LogP contribution is -2.05. The molecule has 0 amide bonds. The molecule has 0 saturated carbocycles. The number of hydrogen-bond donors (Lipinski definition) is 1. The number of aromatic nitrogens is 1. The molecular formula is C14H16N2O2. The van der Waals surface area contributed by atoms with Gasteiger partial charge in [-0.25, -0.2) is 0 Å². The van der Waals surface area contributed by atoms with Crippen molar-refractivity contribution in [2.75, 3.05) is 19.5 Å². The zero-order chi connectivity index (χ0) is 12.8. The lowest BCUT2D eigenvalue weighted by molar-refractivity contribution is 0.350. The summed E-state index contributed by atoms with van der Waals surface area (Å²) in [6, 6.07) is 11.7. The molecule has 0 aliphatic rings. The second kappa shape index (κ2) is 5.91. The molecular weight excluding hydrogens is 228 g/mol. The molecule has 4 nitrogen and oxygen atoms in total. The number of nitrogens with zero attached hydrogens (tertiary/aromatic N) is 1. The van der Waals surface area contributed by atoms with E-state index in [1.807, 2.05) is 30.3 Å². The zero-order valence-corrected chi connectivity index (χ0v) is 10.5. The summed E-state index contributed by atoms with van der Waals surface area (Å²) in [5, 5.41) is 3.29. The molecule has 1 N–H and O–H groups in total. The number of para-hydroxylation sites is 1. The molecule has 0 fully saturated rings. The van der Waals surface area contributed by atoms with Gasteiger partial charge in [0.2, 0.25) is 0 Å². The predicted molar refractivity (Wildman–Crippen MR) is 71.1 cm³/mol. The van der Waals surface area contributed by atoms with E-state index >= 15 is 0 Å². The molecule has 94 valence electrons. The Morgan fingerprint density at radius 1 is 1.06 bits per heavy atom. The molecule has 2 aromatic rings. The van der Waals surface area contributed by atoms with Crippen molar-refractivity contribution in [3.63, 3.8) is 0 Å². The molecule has 0 aliphatic carbocycles. The van der Waals surface area contributed by atoms with Gasteiger partial charge < -0.3 is 14.8 Å². The van der Waals surface area contributed by atoms with Crippen LogP contribution in [0.5, 0.6) is 11.5 Å². The monoisotopic (exact) mass is 244 g/mol. The number of benzene rings is 1. The van der Waals surface area contributed by atoms with Crippen molar-refractivity contribution in [3.8, 4) is 11.5 Å². The van der Waals surface area contributed by atoms with Crippen LogP contribution in [0.3, 0.4) is 0 Å². The molecule has 0 spiro atoms. The maximum absolute atomic E-state index is 5.33. The summed E-state index contributed by atoms with van der Waals surface area (Å²) in [5.41, 5.74) is 1.87. The van der Waals surface area contributed by atoms with E-state index in [9.17, 15) is 0 Å². The van der Waals surface area contributed by atoms with Crippen molar-refractivity contribution in [3.05, 3.63) is 48.3 Å². The van der Waals surface area contributed by atoms with Crippen LogP contribution >= 0.6 is 0 Å². The third-order valence-electron chi connectivity index (χ3n) is 2.60. The lowest BCUT2D eigenvalue weighted by Gasteiger charge is -2.12. The standard InChI is InChI=1S/C14H16N2O2/c1-17-13-8-9-15-12(14(13)18-2)10-16-11-6-4-3-5-7-11/h3-9,16H,10H2,1-2H3. The Bertz CT molecular complexity index is 500. The Balaban J connectivity index is 2.14. The van der Waals surface area contributed by atoms with Crippen molar-refractivity contribution in [1.82, 2.24) is 4.98 Å². The molecule has 1 aromatic heterocycles. The van der Waals surface area contributed by atoms with Crippen LogP contribution in [0, 0.1) is 0 Å². The third kappa shape index (κ3) is 2.71. The van der Waals surface area contributed by atoms with Crippen molar-refractivity contribution in [2.24, 2.45) is 0 Å². The van der Waals surface area contributed by atoms with Gasteiger partial charge in [0.25, 0.3) is 0 Å². The van der Waals surface area contributed by atoms with Gasteiger partial charge in [-0.3, -0.25) is 4.98 Å². The summed E-state index contributed by atoms with van der Waals surface area (Å²) >= 11 is 0. The van der Waals surface area contributed by atoms with E-state index < -0.39 is 0 Å². The van der Waals surface area contributed by atoms with E-state index in [1.54, 1.807) is 26.5 Å². The average molecular weight is 244 g/mol. The fourth-order valence-corrected chi connectivity index (χ4v) is 1.72. The van der Waals surface area contributed by atoms with Gasteiger partial charge in [0.15, 0.2) is 11.5 Å². The van der Waals surface area contributed by atoms with Crippen LogP contribution < -0.4 is 14.8 Å². The largest absolute Gasteiger partial charge is 0.493 e. The van der Waals surface area contributed by atoms with Crippen LogP contribution in [0.25, 0.3) is 0 Å². The smallest absolute Gasteiger partial charge is 0.184 e. The van der Waals surface area contributed by atoms with Gasteiger partial charge in [-0.15, -0.1) is 0 Å². The van der Waals surface area contributed by atoms with Crippen LogP contribution in [-0.4, -0.2) is 19.2 Å². The fourth-order valence-electron chi connectivity index (χ4n) is 1.72. The summed E-state index contributed by atoms with van der Waals surface area (Å²) in [5.74, 6) is 1.36. The van der Waals surface area contributed by atoms with E-state index in [4.69, 9.17) is 9.47 Å². The first-order valence-corrected chi connectivity index (χ1v) is 5.70. The maximum Gasteiger partial charge on any atom is 0.184 e. The van der Waals surface area contributed by atoms with Crippen molar-refractivity contribution >= 4 is 5.69 Å². The lowest BCUT2D eigenvalue weighted by atomic mass is 10.2. The number of anilines is 1. The second-order valence-corrected chi connectivity index (χ2v) is 3.71. The van der Waals surface area contributed by atoms with Crippen molar-refractivity contribution in [1.29, 1.82) is 0 Å². The highest BCUT2D eigenvalue weighted by Gasteiger charge is 2.10. The number of pyridine rings is 1. The highest BCUT2D eigenvalue weighted by Crippen LogP contribution is 2.29. The number of methoxy groups -OCH3 is 2. The van der Waals surface area contributed by atoms with Crippen LogP contribution in [0.4, 0.5) is 5.69 Å². The van der Waals surface area contributed by atoms with Crippen molar-refractivity contribution < 1.29 is 9.47 Å². The van der Waals surface area contributed by atoms with Gasteiger partial charge in [-0.2, -0.15) is 0 Å². The quantitative estimate of drug-likeness (QED) is 0.878. The number of rotatable bonds is 5. The van der Waals surface area contributed by atoms with Crippen LogP contribution in [0.1, 0.15) is 5.69 Å². The van der Waals surface area contributed by atoms with Crippen LogP contribution in [-0.2, 0) is 6.54 Å². The minimum Gasteiger partial charge on any atom is -0.493 e. The Hall–Kier alpha value is -2.23. The Labute approximate surface area is 107 Å². The molecule has 0 aliphatic heterocycles. The first kappa shape index (κ1) is 12.2. The molecule has 4 heteroatoms. The van der Waals surface area contributed by atoms with Gasteiger partial charge in [0.05, 0.1) is 20.8 Å². The summed E-state index contributed by atoms with van der Waals surface area (Å²) in [4.78, 5) is 4.31. The predicted octanol–water partition coefficient (Wildman–Crippen LogP) is 2.71. The summed E-state index contributed by atoms with van der Waals surface area (Å²) in [6.45, 7) is 0.588. The molecule has 2 rings (SSSR count). The normalized spacial score (nSPS) is 9.89. The van der Waals surface area contributed by atoms with E-state index in [0.717, 1.165) is 11.4 Å². The topological polar surface area (TPSA) is 43.4 Å². The second-order valence-electron chi connectivity index (χ2n) is 3.71. The van der Waals surface area contributed by atoms with Crippen LogP contribution in [0.2, 0.25) is 0 Å². The molecule has 0 bridgehead atoms. The number of nitrogens with one attached hydrogen (secondary N) is 1. The first-order chi connectivity index (χ1) is 8.85. The molecule has 0 atom stereocenters. The average Bonchev–Trinajstić information content (AvgIpc) is 2.45. The summed E-state index contributed by atoms with van der Waals surface area (Å²) in [6.07, 6.45) is 1.71. The minimum atomic E-state index is 0.588. The Morgan fingerprint density at radius 3 is 2.50 bits per heavy atom. The van der Waals surface area contributed by atoms with E-state index in [1.165, 1.54) is 0 Å². The maximum atomic E-state index is 5.33. The zero-order valence-electron chi connectivity index (χ0n) is 10.5. The van der Waals surface area contributed by atoms with Gasteiger partial charge in [0, 0.05) is 18.0 Å². The third-order valence-corrected chi connectivity index (χ3v) is 2.60. The Kier molecular flexibility index (Phi) is 4.02. The van der Waals surface area contributed by atoms with Gasteiger partial charge in [-0.1, -0.05) is 18.2 Å². The fraction of sp³-hybridized carbons (Fsp3) is 0.214. The number of hydrogen-bond acceptors (Lipinski definition) is 4. The molecule has 0 saturated heterocycles. The highest BCUT2D eigenvalue weighted by atomic mass is 16.5. The van der Waals surface area contributed by atoms with E-state index in [0.29, 0.717) is 18.0 Å². The summed E-state index contributed by atoms with van der Waals surface area (Å²) in [7, 11) is 3.23. The summed E-state index contributed by atoms with van der Waals surface area (Å²) < 4.78 is 10.6. The van der Waals surface area contributed by atoms with Crippen molar-refractivity contribution in [2.45, 2.75) is 6.54 Å². The Morgan fingerprint density at radius 2 is 1.83 bits per heavy atom.